The molecule has 0 N–H and O–H groups in total. The van der Waals surface area contributed by atoms with Gasteiger partial charge in [0.15, 0.2) is 0 Å². The van der Waals surface area contributed by atoms with Crippen molar-refractivity contribution in [3.05, 3.63) is 0 Å². The van der Waals surface area contributed by atoms with E-state index in [0.29, 0.717) is 6.10 Å². The number of hydrogen-bond acceptors (Lipinski definition) is 1. The van der Waals surface area contributed by atoms with Crippen LogP contribution in [0.15, 0.2) is 0 Å². The summed E-state index contributed by atoms with van der Waals surface area (Å²) in [4.78, 5) is 6.78. The molecule has 0 bridgehead atoms. The molecule has 0 amide bonds. The van der Waals surface area contributed by atoms with Crippen LogP contribution in [0.2, 0.25) is 0 Å². The molecule has 1 unspecified atom stereocenters. The Bertz CT molecular complexity index is 213. The molecule has 0 aromatic rings. The standard InChI is InChI=1S/C20H44NO/c1-6-11-13-14-16-20(15-12-7-2)22-21(17-8-3,18-9-4)19-10-5/h20H,6-19H2,1-5H3/q+1. The zero-order valence-electron chi connectivity index (χ0n) is 16.3. The molecule has 0 aliphatic carbocycles. The highest BCUT2D eigenvalue weighted by molar-refractivity contribution is 4.58. The third kappa shape index (κ3) is 9.84. The molecule has 0 aromatic carbocycles. The number of hydrogen-bond donors (Lipinski definition) is 0. The maximum atomic E-state index is 6.78. The van der Waals surface area contributed by atoms with E-state index in [0.717, 1.165) is 4.65 Å². The molecule has 22 heavy (non-hydrogen) atoms. The van der Waals surface area contributed by atoms with Gasteiger partial charge in [-0.2, -0.15) is 9.48 Å². The van der Waals surface area contributed by atoms with E-state index >= 15 is 0 Å². The Morgan fingerprint density at radius 2 is 1.09 bits per heavy atom. The highest BCUT2D eigenvalue weighted by Crippen LogP contribution is 2.22. The molecule has 0 aliphatic rings. The van der Waals surface area contributed by atoms with Gasteiger partial charge in [0.1, 0.15) is 25.7 Å². The maximum absolute atomic E-state index is 6.78. The van der Waals surface area contributed by atoms with Gasteiger partial charge in [-0.15, -0.1) is 0 Å². The Kier molecular flexibility index (Phi) is 14.5. The van der Waals surface area contributed by atoms with E-state index in [1.165, 1.54) is 90.3 Å². The van der Waals surface area contributed by atoms with Crippen LogP contribution in [0, 0.1) is 0 Å². The highest BCUT2D eigenvalue weighted by atomic mass is 16.7. The Morgan fingerprint density at radius 3 is 1.55 bits per heavy atom. The van der Waals surface area contributed by atoms with Gasteiger partial charge in [-0.05, 0) is 32.1 Å². The van der Waals surface area contributed by atoms with E-state index in [-0.39, 0.29) is 0 Å². The summed E-state index contributed by atoms with van der Waals surface area (Å²) in [6.07, 6.45) is 14.6. The summed E-state index contributed by atoms with van der Waals surface area (Å²) in [7, 11) is 0. The van der Waals surface area contributed by atoms with Crippen molar-refractivity contribution in [3.63, 3.8) is 0 Å². The van der Waals surface area contributed by atoms with E-state index in [9.17, 15) is 0 Å². The van der Waals surface area contributed by atoms with Crippen molar-refractivity contribution in [2.45, 2.75) is 111 Å². The van der Waals surface area contributed by atoms with Gasteiger partial charge in [-0.3, -0.25) is 0 Å². The van der Waals surface area contributed by atoms with Gasteiger partial charge in [0.05, 0.1) is 0 Å². The summed E-state index contributed by atoms with van der Waals surface area (Å²) in [5, 5.41) is 0. The molecule has 0 heterocycles. The lowest BCUT2D eigenvalue weighted by Crippen LogP contribution is -2.51. The van der Waals surface area contributed by atoms with Crippen molar-refractivity contribution in [2.24, 2.45) is 0 Å². The second-order valence-electron chi connectivity index (χ2n) is 6.95. The Labute approximate surface area is 141 Å². The monoisotopic (exact) mass is 314 g/mol. The minimum absolute atomic E-state index is 0.474. The lowest BCUT2D eigenvalue weighted by Gasteiger charge is -2.38. The quantitative estimate of drug-likeness (QED) is 0.180. The summed E-state index contributed by atoms with van der Waals surface area (Å²) < 4.78 is 0.908. The molecule has 0 saturated heterocycles. The zero-order chi connectivity index (χ0) is 16.7. The molecular weight excluding hydrogens is 270 g/mol. The zero-order valence-corrected chi connectivity index (χ0v) is 16.3. The third-order valence-corrected chi connectivity index (χ3v) is 4.53. The summed E-state index contributed by atoms with van der Waals surface area (Å²) in [6, 6.07) is 0. The summed E-state index contributed by atoms with van der Waals surface area (Å²) >= 11 is 0. The third-order valence-electron chi connectivity index (χ3n) is 4.53. The summed E-state index contributed by atoms with van der Waals surface area (Å²) in [5.74, 6) is 0. The number of rotatable bonds is 16. The van der Waals surface area contributed by atoms with Gasteiger partial charge in [0.2, 0.25) is 0 Å². The molecule has 2 heteroatoms. The van der Waals surface area contributed by atoms with Gasteiger partial charge in [-0.1, -0.05) is 73.1 Å². The van der Waals surface area contributed by atoms with E-state index in [4.69, 9.17) is 4.84 Å². The van der Waals surface area contributed by atoms with Crippen molar-refractivity contribution in [1.82, 2.24) is 0 Å². The lowest BCUT2D eigenvalue weighted by atomic mass is 10.0. The fraction of sp³-hybridized carbons (Fsp3) is 1.00. The number of quaternary nitrogens is 1. The van der Waals surface area contributed by atoms with E-state index in [1.807, 2.05) is 0 Å². The minimum atomic E-state index is 0.474. The van der Waals surface area contributed by atoms with Crippen molar-refractivity contribution in [1.29, 1.82) is 0 Å². The molecular formula is C20H44NO+. The van der Waals surface area contributed by atoms with Crippen molar-refractivity contribution in [3.8, 4) is 0 Å². The van der Waals surface area contributed by atoms with Gasteiger partial charge >= 0.3 is 0 Å². The molecule has 2 nitrogen and oxygen atoms in total. The van der Waals surface area contributed by atoms with Gasteiger partial charge in [-0.25, -0.2) is 0 Å². The van der Waals surface area contributed by atoms with Crippen molar-refractivity contribution in [2.75, 3.05) is 19.6 Å². The average Bonchev–Trinajstić information content (AvgIpc) is 2.49. The second-order valence-corrected chi connectivity index (χ2v) is 6.95. The van der Waals surface area contributed by atoms with Gasteiger partial charge in [0, 0.05) is 0 Å². The molecule has 0 aromatic heterocycles. The van der Waals surface area contributed by atoms with E-state index < -0.39 is 0 Å². The normalized spacial score (nSPS) is 13.5. The molecule has 134 valence electrons. The van der Waals surface area contributed by atoms with Crippen LogP contribution in [0.25, 0.3) is 0 Å². The van der Waals surface area contributed by atoms with E-state index in [2.05, 4.69) is 34.6 Å². The Morgan fingerprint density at radius 1 is 0.591 bits per heavy atom. The van der Waals surface area contributed by atoms with Crippen LogP contribution < -0.4 is 0 Å². The van der Waals surface area contributed by atoms with Crippen molar-refractivity contribution < 1.29 is 9.48 Å². The van der Waals surface area contributed by atoms with Crippen LogP contribution in [0.5, 0.6) is 0 Å². The number of unbranched alkanes of at least 4 members (excludes halogenated alkanes) is 4. The van der Waals surface area contributed by atoms with Gasteiger partial charge < -0.3 is 0 Å². The molecule has 1 atom stereocenters. The van der Waals surface area contributed by atoms with Crippen LogP contribution in [-0.2, 0) is 4.84 Å². The van der Waals surface area contributed by atoms with Crippen LogP contribution in [-0.4, -0.2) is 30.4 Å². The van der Waals surface area contributed by atoms with Crippen molar-refractivity contribution >= 4 is 0 Å². The molecule has 0 fully saturated rings. The van der Waals surface area contributed by atoms with Gasteiger partial charge in [0.25, 0.3) is 0 Å². The topological polar surface area (TPSA) is 9.23 Å². The fourth-order valence-electron chi connectivity index (χ4n) is 3.51. The number of nitrogens with zero attached hydrogens (tertiary/aromatic N) is 1. The van der Waals surface area contributed by atoms with Crippen LogP contribution in [0.3, 0.4) is 0 Å². The van der Waals surface area contributed by atoms with Crippen LogP contribution in [0.1, 0.15) is 105 Å². The second kappa shape index (κ2) is 14.5. The first kappa shape index (κ1) is 21.9. The first-order valence-corrected chi connectivity index (χ1v) is 10.2. The fourth-order valence-corrected chi connectivity index (χ4v) is 3.51. The SMILES string of the molecule is CCCCCCC(CCCC)O[N+](CCC)(CCC)CCC. The maximum Gasteiger partial charge on any atom is 0.117 e. The minimum Gasteiger partial charge on any atom is -0.200 e. The first-order chi connectivity index (χ1) is 10.7. The Balaban J connectivity index is 4.67. The van der Waals surface area contributed by atoms with E-state index in [1.54, 1.807) is 0 Å². The van der Waals surface area contributed by atoms with Crippen LogP contribution >= 0.6 is 0 Å². The smallest absolute Gasteiger partial charge is 0.117 e. The molecule has 0 radical (unpaired) electrons. The molecule has 0 rings (SSSR count). The predicted molar refractivity (Wildman–Crippen MR) is 98.9 cm³/mol. The van der Waals surface area contributed by atoms with Crippen LogP contribution in [0.4, 0.5) is 0 Å². The highest BCUT2D eigenvalue weighted by Gasteiger charge is 2.30. The number of hydroxylamine groups is 3. The Hall–Kier alpha value is -0.0800. The summed E-state index contributed by atoms with van der Waals surface area (Å²) in [6.45, 7) is 15.0. The predicted octanol–water partition coefficient (Wildman–Crippen LogP) is 6.49. The average molecular weight is 315 g/mol. The molecule has 0 saturated carbocycles. The molecule has 0 spiro atoms. The first-order valence-electron chi connectivity index (χ1n) is 10.2. The summed E-state index contributed by atoms with van der Waals surface area (Å²) in [5.41, 5.74) is 0. The molecule has 0 aliphatic heterocycles. The largest absolute Gasteiger partial charge is 0.200 e. The lowest BCUT2D eigenvalue weighted by molar-refractivity contribution is -1.11.